The lowest BCUT2D eigenvalue weighted by molar-refractivity contribution is -0.0229. The summed E-state index contributed by atoms with van der Waals surface area (Å²) in [4.78, 5) is 0. The van der Waals surface area contributed by atoms with E-state index in [1.54, 1.807) is 0 Å². The molecule has 96 valence electrons. The van der Waals surface area contributed by atoms with Gasteiger partial charge in [0.25, 0.3) is 0 Å². The lowest BCUT2D eigenvalue weighted by Gasteiger charge is -2.45. The Morgan fingerprint density at radius 1 is 1.38 bits per heavy atom. The van der Waals surface area contributed by atoms with Crippen molar-refractivity contribution < 1.29 is 15.3 Å². The van der Waals surface area contributed by atoms with Gasteiger partial charge in [-0.05, 0) is 42.9 Å². The van der Waals surface area contributed by atoms with Crippen LogP contribution in [-0.4, -0.2) is 34.1 Å². The van der Waals surface area contributed by atoms with Crippen LogP contribution in [0.5, 0.6) is 0 Å². The summed E-state index contributed by atoms with van der Waals surface area (Å²) in [6.45, 7) is 6.42. The molecule has 16 heavy (non-hydrogen) atoms. The van der Waals surface area contributed by atoms with Crippen molar-refractivity contribution in [2.45, 2.75) is 58.7 Å². The molecule has 0 heterocycles. The maximum atomic E-state index is 9.77. The van der Waals surface area contributed by atoms with Crippen LogP contribution < -0.4 is 0 Å². The monoisotopic (exact) mass is 230 g/mol. The molecule has 1 aliphatic carbocycles. The highest BCUT2D eigenvalue weighted by atomic mass is 16.3. The van der Waals surface area contributed by atoms with Crippen molar-refractivity contribution >= 4 is 0 Å². The Bertz CT molecular complexity index is 215. The predicted molar refractivity (Wildman–Crippen MR) is 64.0 cm³/mol. The minimum absolute atomic E-state index is 0.131. The van der Waals surface area contributed by atoms with Gasteiger partial charge in [-0.3, -0.25) is 0 Å². The summed E-state index contributed by atoms with van der Waals surface area (Å²) < 4.78 is 0. The smallest absolute Gasteiger partial charge is 0.0771 e. The zero-order valence-corrected chi connectivity index (χ0v) is 10.7. The first kappa shape index (κ1) is 13.9. The van der Waals surface area contributed by atoms with Crippen LogP contribution in [0, 0.1) is 17.3 Å². The molecular weight excluding hydrogens is 204 g/mol. The zero-order valence-electron chi connectivity index (χ0n) is 10.7. The van der Waals surface area contributed by atoms with Crippen LogP contribution in [0.3, 0.4) is 0 Å². The molecule has 4 atom stereocenters. The molecule has 3 N–H and O–H groups in total. The summed E-state index contributed by atoms with van der Waals surface area (Å²) in [5, 5.41) is 28.0. The van der Waals surface area contributed by atoms with Gasteiger partial charge in [0.2, 0.25) is 0 Å². The molecule has 3 nitrogen and oxygen atoms in total. The lowest BCUT2D eigenvalue weighted by atomic mass is 9.61. The maximum absolute atomic E-state index is 9.77. The quantitative estimate of drug-likeness (QED) is 0.687. The number of hydrogen-bond acceptors (Lipinski definition) is 3. The SMILES string of the molecule is C[C@@H]1C[C@H](O)CC(C)(C)[C@H]1CC[C@H](O)CO. The molecule has 3 heteroatoms. The summed E-state index contributed by atoms with van der Waals surface area (Å²) in [5.41, 5.74) is 0.131. The lowest BCUT2D eigenvalue weighted by Crippen LogP contribution is -2.40. The fourth-order valence-corrected chi connectivity index (χ4v) is 3.34. The second-order valence-corrected chi connectivity index (χ2v) is 6.08. The van der Waals surface area contributed by atoms with Crippen molar-refractivity contribution in [1.29, 1.82) is 0 Å². The van der Waals surface area contributed by atoms with E-state index in [-0.39, 0.29) is 18.1 Å². The Labute approximate surface area is 98.5 Å². The van der Waals surface area contributed by atoms with Crippen molar-refractivity contribution in [3.05, 3.63) is 0 Å². The minimum atomic E-state index is -0.588. The molecule has 0 aromatic carbocycles. The molecule has 0 bridgehead atoms. The number of aliphatic hydroxyl groups excluding tert-OH is 3. The molecule has 0 saturated heterocycles. The first-order valence-corrected chi connectivity index (χ1v) is 6.34. The molecule has 0 aliphatic heterocycles. The van der Waals surface area contributed by atoms with Gasteiger partial charge in [0.1, 0.15) is 0 Å². The van der Waals surface area contributed by atoms with Crippen molar-refractivity contribution in [1.82, 2.24) is 0 Å². The Hall–Kier alpha value is -0.120. The van der Waals surface area contributed by atoms with E-state index < -0.39 is 6.10 Å². The number of rotatable bonds is 4. The molecule has 0 unspecified atom stereocenters. The highest BCUT2D eigenvalue weighted by molar-refractivity contribution is 4.90. The van der Waals surface area contributed by atoms with Gasteiger partial charge in [-0.1, -0.05) is 20.8 Å². The predicted octanol–water partition coefficient (Wildman–Crippen LogP) is 1.55. The third-order valence-corrected chi connectivity index (χ3v) is 4.12. The molecule has 0 spiro atoms. The second kappa shape index (κ2) is 5.48. The van der Waals surface area contributed by atoms with Crippen molar-refractivity contribution in [2.75, 3.05) is 6.61 Å². The minimum Gasteiger partial charge on any atom is -0.394 e. The second-order valence-electron chi connectivity index (χ2n) is 6.08. The molecule has 0 amide bonds. The Morgan fingerprint density at radius 3 is 2.50 bits per heavy atom. The summed E-state index contributed by atoms with van der Waals surface area (Å²) in [5.74, 6) is 1.02. The molecule has 1 saturated carbocycles. The number of hydrogen-bond donors (Lipinski definition) is 3. The third kappa shape index (κ3) is 3.44. The first-order valence-electron chi connectivity index (χ1n) is 6.34. The zero-order chi connectivity index (χ0) is 12.3. The van der Waals surface area contributed by atoms with Gasteiger partial charge < -0.3 is 15.3 Å². The summed E-state index contributed by atoms with van der Waals surface area (Å²) >= 11 is 0. The molecule has 0 aromatic heterocycles. The van der Waals surface area contributed by atoms with Crippen LogP contribution >= 0.6 is 0 Å². The van der Waals surface area contributed by atoms with E-state index in [0.29, 0.717) is 18.3 Å². The fraction of sp³-hybridized carbons (Fsp3) is 1.00. The Balaban J connectivity index is 2.55. The van der Waals surface area contributed by atoms with Crippen molar-refractivity contribution in [3.8, 4) is 0 Å². The van der Waals surface area contributed by atoms with Crippen molar-refractivity contribution in [3.63, 3.8) is 0 Å². The molecular formula is C13H26O3. The van der Waals surface area contributed by atoms with Crippen molar-refractivity contribution in [2.24, 2.45) is 17.3 Å². The van der Waals surface area contributed by atoms with Crippen LogP contribution in [0.1, 0.15) is 46.5 Å². The molecule has 1 aliphatic rings. The molecule has 0 radical (unpaired) electrons. The van der Waals surface area contributed by atoms with E-state index in [9.17, 15) is 10.2 Å². The van der Waals surface area contributed by atoms with Crippen LogP contribution in [0.2, 0.25) is 0 Å². The van der Waals surface area contributed by atoms with E-state index in [0.717, 1.165) is 19.3 Å². The van der Waals surface area contributed by atoms with Crippen LogP contribution in [0.15, 0.2) is 0 Å². The van der Waals surface area contributed by atoms with E-state index in [1.165, 1.54) is 0 Å². The van der Waals surface area contributed by atoms with Gasteiger partial charge in [0.15, 0.2) is 0 Å². The van der Waals surface area contributed by atoms with Gasteiger partial charge in [-0.15, -0.1) is 0 Å². The largest absolute Gasteiger partial charge is 0.394 e. The van der Waals surface area contributed by atoms with Crippen LogP contribution in [-0.2, 0) is 0 Å². The molecule has 0 aromatic rings. The maximum Gasteiger partial charge on any atom is 0.0771 e. The average molecular weight is 230 g/mol. The third-order valence-electron chi connectivity index (χ3n) is 4.12. The van der Waals surface area contributed by atoms with E-state index >= 15 is 0 Å². The normalized spacial score (nSPS) is 36.0. The van der Waals surface area contributed by atoms with Gasteiger partial charge >= 0.3 is 0 Å². The number of aliphatic hydroxyl groups is 3. The van der Waals surface area contributed by atoms with Crippen LogP contribution in [0.4, 0.5) is 0 Å². The average Bonchev–Trinajstić information content (AvgIpc) is 2.14. The highest BCUT2D eigenvalue weighted by Crippen LogP contribution is 2.46. The fourth-order valence-electron chi connectivity index (χ4n) is 3.34. The molecule has 1 fully saturated rings. The summed E-state index contributed by atoms with van der Waals surface area (Å²) in [7, 11) is 0. The molecule has 1 rings (SSSR count). The van der Waals surface area contributed by atoms with E-state index in [4.69, 9.17) is 5.11 Å². The topological polar surface area (TPSA) is 60.7 Å². The standard InChI is InChI=1S/C13H26O3/c1-9-6-11(16)7-13(2,3)12(9)5-4-10(15)8-14/h9-12,14-16H,4-8H2,1-3H3/t9-,10+,11+,12+/m1/s1. The Morgan fingerprint density at radius 2 is 2.00 bits per heavy atom. The van der Waals surface area contributed by atoms with Crippen LogP contribution in [0.25, 0.3) is 0 Å². The van der Waals surface area contributed by atoms with Gasteiger partial charge in [-0.2, -0.15) is 0 Å². The highest BCUT2D eigenvalue weighted by Gasteiger charge is 2.40. The van der Waals surface area contributed by atoms with Gasteiger partial charge in [-0.25, -0.2) is 0 Å². The Kier molecular flexibility index (Phi) is 4.77. The van der Waals surface area contributed by atoms with E-state index in [1.807, 2.05) is 0 Å². The summed E-state index contributed by atoms with van der Waals surface area (Å²) in [6.07, 6.45) is 2.53. The summed E-state index contributed by atoms with van der Waals surface area (Å²) in [6, 6.07) is 0. The van der Waals surface area contributed by atoms with Gasteiger partial charge in [0.05, 0.1) is 18.8 Å². The first-order chi connectivity index (χ1) is 7.36. The van der Waals surface area contributed by atoms with E-state index in [2.05, 4.69) is 20.8 Å². The van der Waals surface area contributed by atoms with Gasteiger partial charge in [0, 0.05) is 0 Å².